The largest absolute Gasteiger partial charge is 0.373 e. The number of aryl methyl sites for hydroxylation is 1. The van der Waals surface area contributed by atoms with Crippen molar-refractivity contribution in [2.75, 3.05) is 11.9 Å². The Labute approximate surface area is 123 Å². The predicted molar refractivity (Wildman–Crippen MR) is 80.8 cm³/mol. The van der Waals surface area contributed by atoms with Gasteiger partial charge in [0.05, 0.1) is 17.7 Å². The Bertz CT molecular complexity index is 718. The zero-order chi connectivity index (χ0) is 15.4. The molecule has 0 spiro atoms. The zero-order valence-electron chi connectivity index (χ0n) is 12.3. The number of rotatable bonds is 4. The molecule has 2 N–H and O–H groups in total. The smallest absolute Gasteiger partial charge is 0.239 e. The van der Waals surface area contributed by atoms with E-state index in [1.54, 1.807) is 0 Å². The third-order valence-electron chi connectivity index (χ3n) is 2.90. The maximum absolute atomic E-state index is 11.7. The van der Waals surface area contributed by atoms with Crippen LogP contribution < -0.4 is 10.6 Å². The van der Waals surface area contributed by atoms with Crippen molar-refractivity contribution in [3.05, 3.63) is 29.5 Å². The molecule has 0 unspecified atom stereocenters. The van der Waals surface area contributed by atoms with Gasteiger partial charge in [-0.05, 0) is 32.9 Å². The molecule has 2 rings (SSSR count). The third kappa shape index (κ3) is 3.45. The molecule has 0 bridgehead atoms. The molecule has 1 aromatic carbocycles. The minimum absolute atomic E-state index is 0.0734. The van der Waals surface area contributed by atoms with Crippen LogP contribution in [0.25, 0.3) is 10.9 Å². The SMILES string of the molecule is Cc1ccc2nnc(C#N)c(NCC(=O)NC(C)C)c2c1. The van der Waals surface area contributed by atoms with Crippen LogP contribution in [0.3, 0.4) is 0 Å². The molecular formula is C15H17N5O. The van der Waals surface area contributed by atoms with Crippen LogP contribution in [0.4, 0.5) is 5.69 Å². The highest BCUT2D eigenvalue weighted by molar-refractivity contribution is 5.94. The van der Waals surface area contributed by atoms with Gasteiger partial charge in [0.2, 0.25) is 5.91 Å². The second-order valence-corrected chi connectivity index (χ2v) is 5.13. The van der Waals surface area contributed by atoms with Gasteiger partial charge < -0.3 is 10.6 Å². The minimum Gasteiger partial charge on any atom is -0.373 e. The summed E-state index contributed by atoms with van der Waals surface area (Å²) < 4.78 is 0. The number of nitrogens with one attached hydrogen (secondary N) is 2. The second-order valence-electron chi connectivity index (χ2n) is 5.13. The summed E-state index contributed by atoms with van der Waals surface area (Å²) in [5.41, 5.74) is 2.47. The van der Waals surface area contributed by atoms with Crippen LogP contribution in [0, 0.1) is 18.3 Å². The van der Waals surface area contributed by atoms with E-state index in [9.17, 15) is 4.79 Å². The highest BCUT2D eigenvalue weighted by Gasteiger charge is 2.12. The maximum Gasteiger partial charge on any atom is 0.239 e. The molecule has 1 aromatic heterocycles. The summed E-state index contributed by atoms with van der Waals surface area (Å²) in [6, 6.07) is 7.78. The first kappa shape index (κ1) is 14.7. The Morgan fingerprint density at radius 2 is 2.14 bits per heavy atom. The molecule has 1 amide bonds. The molecule has 1 heterocycles. The van der Waals surface area contributed by atoms with E-state index in [0.29, 0.717) is 11.2 Å². The number of benzene rings is 1. The van der Waals surface area contributed by atoms with Gasteiger partial charge in [0.15, 0.2) is 5.69 Å². The molecule has 0 aliphatic rings. The zero-order valence-corrected chi connectivity index (χ0v) is 12.3. The molecular weight excluding hydrogens is 266 g/mol. The summed E-state index contributed by atoms with van der Waals surface area (Å²) in [4.78, 5) is 11.7. The molecule has 6 heteroatoms. The van der Waals surface area contributed by atoms with E-state index in [2.05, 4.69) is 20.8 Å². The van der Waals surface area contributed by atoms with Gasteiger partial charge in [-0.1, -0.05) is 11.6 Å². The van der Waals surface area contributed by atoms with Crippen LogP contribution in [0.5, 0.6) is 0 Å². The summed E-state index contributed by atoms with van der Waals surface area (Å²) in [6.07, 6.45) is 0. The third-order valence-corrected chi connectivity index (χ3v) is 2.90. The molecule has 0 radical (unpaired) electrons. The average Bonchev–Trinajstić information content (AvgIpc) is 2.43. The number of nitriles is 1. The standard InChI is InChI=1S/C15H17N5O/c1-9(2)18-14(21)8-17-15-11-6-10(3)4-5-12(11)19-20-13(15)7-16/h4-6,9H,8H2,1-3H3,(H,17,19)(H,18,21). The number of aromatic nitrogens is 2. The maximum atomic E-state index is 11.7. The Kier molecular flexibility index (Phi) is 4.33. The molecule has 21 heavy (non-hydrogen) atoms. The molecule has 0 aliphatic carbocycles. The molecule has 0 saturated carbocycles. The number of anilines is 1. The fourth-order valence-corrected chi connectivity index (χ4v) is 2.02. The predicted octanol–water partition coefficient (Wildman–Crippen LogP) is 1.75. The summed E-state index contributed by atoms with van der Waals surface area (Å²) in [5, 5.41) is 23.7. The van der Waals surface area contributed by atoms with E-state index in [-0.39, 0.29) is 24.2 Å². The lowest BCUT2D eigenvalue weighted by atomic mass is 10.1. The van der Waals surface area contributed by atoms with Gasteiger partial charge in [-0.3, -0.25) is 4.79 Å². The first-order chi connectivity index (χ1) is 10.0. The summed E-state index contributed by atoms with van der Waals surface area (Å²) >= 11 is 0. The van der Waals surface area contributed by atoms with Crippen LogP contribution in [-0.4, -0.2) is 28.7 Å². The van der Waals surface area contributed by atoms with Gasteiger partial charge >= 0.3 is 0 Å². The lowest BCUT2D eigenvalue weighted by molar-refractivity contribution is -0.119. The van der Waals surface area contributed by atoms with Crippen LogP contribution in [0.1, 0.15) is 25.1 Å². The van der Waals surface area contributed by atoms with E-state index >= 15 is 0 Å². The van der Waals surface area contributed by atoms with E-state index in [4.69, 9.17) is 5.26 Å². The Balaban J connectivity index is 2.34. The Morgan fingerprint density at radius 3 is 2.81 bits per heavy atom. The topological polar surface area (TPSA) is 90.7 Å². The summed E-state index contributed by atoms with van der Waals surface area (Å²) in [7, 11) is 0. The first-order valence-electron chi connectivity index (χ1n) is 6.71. The minimum atomic E-state index is -0.133. The van der Waals surface area contributed by atoms with E-state index < -0.39 is 0 Å². The van der Waals surface area contributed by atoms with E-state index in [1.165, 1.54) is 0 Å². The molecule has 0 atom stereocenters. The van der Waals surface area contributed by atoms with E-state index in [1.807, 2.05) is 45.0 Å². The van der Waals surface area contributed by atoms with Crippen molar-refractivity contribution in [2.24, 2.45) is 0 Å². The second kappa shape index (κ2) is 6.18. The van der Waals surface area contributed by atoms with Gasteiger partial charge in [0.25, 0.3) is 0 Å². The number of amides is 1. The molecule has 6 nitrogen and oxygen atoms in total. The van der Waals surface area contributed by atoms with Crippen LogP contribution >= 0.6 is 0 Å². The van der Waals surface area contributed by atoms with Gasteiger partial charge in [0.1, 0.15) is 6.07 Å². The van der Waals surface area contributed by atoms with Gasteiger partial charge in [-0.2, -0.15) is 5.26 Å². The highest BCUT2D eigenvalue weighted by Crippen LogP contribution is 2.24. The summed E-state index contributed by atoms with van der Waals surface area (Å²) in [5.74, 6) is -0.133. The summed E-state index contributed by atoms with van der Waals surface area (Å²) in [6.45, 7) is 5.83. The van der Waals surface area contributed by atoms with E-state index in [0.717, 1.165) is 10.9 Å². The molecule has 0 fully saturated rings. The average molecular weight is 283 g/mol. The van der Waals surface area contributed by atoms with Gasteiger partial charge in [0, 0.05) is 11.4 Å². The molecule has 0 saturated heterocycles. The number of carbonyl (C=O) groups is 1. The monoisotopic (exact) mass is 283 g/mol. The van der Waals surface area contributed by atoms with Crippen LogP contribution in [0.2, 0.25) is 0 Å². The van der Waals surface area contributed by atoms with Gasteiger partial charge in [-0.25, -0.2) is 0 Å². The fourth-order valence-electron chi connectivity index (χ4n) is 2.02. The number of hydrogen-bond acceptors (Lipinski definition) is 5. The number of fused-ring (bicyclic) bond motifs is 1. The number of hydrogen-bond donors (Lipinski definition) is 2. The van der Waals surface area contributed by atoms with Crippen molar-refractivity contribution in [3.8, 4) is 6.07 Å². The normalized spacial score (nSPS) is 10.4. The van der Waals surface area contributed by atoms with Crippen molar-refractivity contribution in [2.45, 2.75) is 26.8 Å². The van der Waals surface area contributed by atoms with Crippen LogP contribution in [-0.2, 0) is 4.79 Å². The first-order valence-corrected chi connectivity index (χ1v) is 6.71. The van der Waals surface area contributed by atoms with Crippen molar-refractivity contribution in [3.63, 3.8) is 0 Å². The van der Waals surface area contributed by atoms with Crippen molar-refractivity contribution in [1.29, 1.82) is 5.26 Å². The fraction of sp³-hybridized carbons (Fsp3) is 0.333. The number of nitrogens with zero attached hydrogens (tertiary/aromatic N) is 3. The van der Waals surface area contributed by atoms with Crippen LogP contribution in [0.15, 0.2) is 18.2 Å². The lowest BCUT2D eigenvalue weighted by Crippen LogP contribution is -2.35. The Morgan fingerprint density at radius 1 is 1.38 bits per heavy atom. The lowest BCUT2D eigenvalue weighted by Gasteiger charge is -2.12. The molecule has 0 aliphatic heterocycles. The quantitative estimate of drug-likeness (QED) is 0.892. The Hall–Kier alpha value is -2.68. The number of carbonyl (C=O) groups excluding carboxylic acids is 1. The van der Waals surface area contributed by atoms with Gasteiger partial charge in [-0.15, -0.1) is 10.2 Å². The van der Waals surface area contributed by atoms with Crippen molar-refractivity contribution < 1.29 is 4.79 Å². The molecule has 2 aromatic rings. The van der Waals surface area contributed by atoms with Crippen molar-refractivity contribution >= 4 is 22.5 Å². The molecule has 108 valence electrons. The van der Waals surface area contributed by atoms with Crippen molar-refractivity contribution in [1.82, 2.24) is 15.5 Å². The highest BCUT2D eigenvalue weighted by atomic mass is 16.1.